The second kappa shape index (κ2) is 19.6. The third-order valence-electron chi connectivity index (χ3n) is 14.9. The van der Waals surface area contributed by atoms with E-state index in [9.17, 15) is 24.6 Å². The molecule has 4 heterocycles. The predicted octanol–water partition coefficient (Wildman–Crippen LogP) is 8.02. The molecule has 3 atom stereocenters. The van der Waals surface area contributed by atoms with Crippen LogP contribution in [0, 0.1) is 11.8 Å². The first kappa shape index (κ1) is 46.4. The summed E-state index contributed by atoms with van der Waals surface area (Å²) in [5, 5.41) is 28.9. The molecule has 5 aliphatic rings. The number of nitrogens with one attached hydrogen (secondary N) is 1. The van der Waals surface area contributed by atoms with Gasteiger partial charge in [-0.3, -0.25) is 28.9 Å². The molecule has 1 fully saturated rings. The number of fused-ring (bicyclic) bond motifs is 5. The number of allylic oxidation sites excluding steroid dienone is 2. The van der Waals surface area contributed by atoms with Crippen LogP contribution in [0.1, 0.15) is 70.0 Å². The Morgan fingerprint density at radius 2 is 1.68 bits per heavy atom. The Kier molecular flexibility index (Phi) is 13.2. The Hall–Kier alpha value is -6.29. The minimum absolute atomic E-state index is 0.00995. The van der Waals surface area contributed by atoms with Gasteiger partial charge in [-0.1, -0.05) is 30.4 Å². The lowest BCUT2D eigenvalue weighted by atomic mass is 9.76. The number of aromatic nitrogens is 2. The Morgan fingerprint density at radius 1 is 0.899 bits per heavy atom. The number of unbranched alkanes of at least 4 members (excludes halogenated alkanes) is 1. The van der Waals surface area contributed by atoms with Crippen LogP contribution < -0.4 is 19.7 Å². The highest BCUT2D eigenvalue weighted by Gasteiger charge is 2.38. The number of likely N-dealkylation sites (N-methyl/N-ethyl adjacent to an activating group) is 1. The summed E-state index contributed by atoms with van der Waals surface area (Å²) in [6, 6.07) is 22.6. The van der Waals surface area contributed by atoms with E-state index >= 15 is 0 Å². The lowest BCUT2D eigenvalue weighted by Gasteiger charge is -2.40. The second-order valence-electron chi connectivity index (χ2n) is 19.1. The van der Waals surface area contributed by atoms with Gasteiger partial charge in [-0.25, -0.2) is 0 Å². The molecule has 1 aromatic heterocycles. The number of hydrogen-bond acceptors (Lipinski definition) is 11. The van der Waals surface area contributed by atoms with Crippen LogP contribution in [0.2, 0.25) is 0 Å². The second-order valence-corrected chi connectivity index (χ2v) is 20.1. The first-order valence-corrected chi connectivity index (χ1v) is 25.2. The summed E-state index contributed by atoms with van der Waals surface area (Å²) in [7, 11) is 7.74. The molecule has 0 radical (unpaired) electrons. The van der Waals surface area contributed by atoms with E-state index in [0.29, 0.717) is 62.0 Å². The van der Waals surface area contributed by atoms with Gasteiger partial charge in [-0.05, 0) is 123 Å². The highest BCUT2D eigenvalue weighted by Crippen LogP contribution is 2.54. The van der Waals surface area contributed by atoms with Crippen LogP contribution in [0.25, 0.3) is 22.4 Å². The molecule has 0 bridgehead atoms. The number of carbonyl (C=O) groups excluding carboxylic acids is 2. The molecule has 2 aliphatic carbocycles. The van der Waals surface area contributed by atoms with Gasteiger partial charge in [0.2, 0.25) is 5.91 Å². The Balaban J connectivity index is 0.721. The summed E-state index contributed by atoms with van der Waals surface area (Å²) in [6.07, 6.45) is 8.14. The van der Waals surface area contributed by atoms with E-state index in [2.05, 4.69) is 57.4 Å². The van der Waals surface area contributed by atoms with Crippen molar-refractivity contribution >= 4 is 40.9 Å². The molecule has 3 unspecified atom stereocenters. The third-order valence-corrected chi connectivity index (χ3v) is 16.0. The molecule has 14 nitrogen and oxygen atoms in total. The Morgan fingerprint density at radius 3 is 2.45 bits per heavy atom. The lowest BCUT2D eigenvalue weighted by molar-refractivity contribution is -0.146. The molecule has 15 heteroatoms. The smallest absolute Gasteiger partial charge is 0.307 e. The number of aromatic hydroxyl groups is 1. The van der Waals surface area contributed by atoms with Gasteiger partial charge >= 0.3 is 5.97 Å². The van der Waals surface area contributed by atoms with Gasteiger partial charge in [0.15, 0.2) is 17.2 Å². The molecular formula is C54H61N7O7S. The maximum absolute atomic E-state index is 14.1. The zero-order valence-electron chi connectivity index (χ0n) is 39.9. The molecule has 0 saturated carbocycles. The van der Waals surface area contributed by atoms with Crippen molar-refractivity contribution in [2.24, 2.45) is 18.9 Å². The molecule has 0 spiro atoms. The number of phenolic OH excluding ortho intramolecular Hbond substituents is 1. The normalized spacial score (nSPS) is 19.5. The molecule has 4 aromatic carbocycles. The lowest BCUT2D eigenvalue weighted by Crippen LogP contribution is -2.49. The van der Waals surface area contributed by atoms with Crippen molar-refractivity contribution in [3.8, 4) is 39.6 Å². The molecule has 2 amide bonds. The van der Waals surface area contributed by atoms with Crippen molar-refractivity contribution in [1.29, 1.82) is 0 Å². The summed E-state index contributed by atoms with van der Waals surface area (Å²) in [6.45, 7) is 6.03. The number of methoxy groups -OCH3 is 1. The summed E-state index contributed by atoms with van der Waals surface area (Å²) in [4.78, 5) is 49.0. The summed E-state index contributed by atoms with van der Waals surface area (Å²) >= 11 is 1.74. The van der Waals surface area contributed by atoms with Gasteiger partial charge in [-0.15, -0.1) is 11.8 Å². The number of thioether (sulfide) groups is 1. The number of piperazine rings is 1. The number of anilines is 2. The van der Waals surface area contributed by atoms with E-state index < -0.39 is 17.8 Å². The van der Waals surface area contributed by atoms with Gasteiger partial charge in [0.1, 0.15) is 5.75 Å². The summed E-state index contributed by atoms with van der Waals surface area (Å²) < 4.78 is 14.0. The Labute approximate surface area is 407 Å². The van der Waals surface area contributed by atoms with Crippen molar-refractivity contribution < 1.29 is 34.1 Å². The monoisotopic (exact) mass is 951 g/mol. The van der Waals surface area contributed by atoms with E-state index in [1.165, 1.54) is 16.7 Å². The number of aliphatic carboxylic acids is 1. The van der Waals surface area contributed by atoms with Crippen LogP contribution in [-0.4, -0.2) is 120 Å². The Bertz CT molecular complexity index is 2820. The number of ether oxygens (including phenoxy) is 2. The average Bonchev–Trinajstić information content (AvgIpc) is 3.71. The molecule has 360 valence electrons. The van der Waals surface area contributed by atoms with Gasteiger partial charge in [0.25, 0.3) is 5.91 Å². The molecule has 3 N–H and O–H groups in total. The van der Waals surface area contributed by atoms with Crippen molar-refractivity contribution in [3.05, 3.63) is 112 Å². The van der Waals surface area contributed by atoms with Crippen LogP contribution >= 0.6 is 11.8 Å². The highest BCUT2D eigenvalue weighted by atomic mass is 32.2. The number of benzene rings is 4. The number of amides is 2. The molecule has 5 aromatic rings. The number of nitrogens with zero attached hydrogens (tertiary/aromatic N) is 6. The van der Waals surface area contributed by atoms with Crippen LogP contribution in [0.5, 0.6) is 17.2 Å². The van der Waals surface area contributed by atoms with Crippen LogP contribution in [0.3, 0.4) is 0 Å². The number of carbonyl (C=O) groups is 3. The van der Waals surface area contributed by atoms with Crippen LogP contribution in [0.15, 0.2) is 83.8 Å². The van der Waals surface area contributed by atoms with Gasteiger partial charge in [0.05, 0.1) is 31.2 Å². The maximum Gasteiger partial charge on any atom is 0.307 e. The number of rotatable bonds is 14. The third kappa shape index (κ3) is 9.07. The predicted molar refractivity (Wildman–Crippen MR) is 268 cm³/mol. The molecule has 69 heavy (non-hydrogen) atoms. The number of carboxylic acids is 1. The van der Waals surface area contributed by atoms with Crippen molar-refractivity contribution in [1.82, 2.24) is 24.5 Å². The molecule has 10 rings (SSSR count). The molecule has 1 saturated heterocycles. The summed E-state index contributed by atoms with van der Waals surface area (Å²) in [5.74, 6) is -0.366. The number of carboxylic acid groups (broad SMARTS) is 1. The van der Waals surface area contributed by atoms with Crippen molar-refractivity contribution in [2.75, 3.05) is 77.3 Å². The minimum atomic E-state index is -0.947. The van der Waals surface area contributed by atoms with E-state index in [4.69, 9.17) is 14.6 Å². The molecular weight excluding hydrogens is 891 g/mol. The van der Waals surface area contributed by atoms with Gasteiger partial charge in [-0.2, -0.15) is 5.10 Å². The highest BCUT2D eigenvalue weighted by molar-refractivity contribution is 7.98. The zero-order chi connectivity index (χ0) is 47.9. The number of phenols is 1. The van der Waals surface area contributed by atoms with Crippen molar-refractivity contribution in [2.45, 2.75) is 61.8 Å². The van der Waals surface area contributed by atoms with Crippen LogP contribution in [0.4, 0.5) is 11.4 Å². The van der Waals surface area contributed by atoms with Gasteiger partial charge in [0, 0.05) is 104 Å². The molecule has 3 aliphatic heterocycles. The van der Waals surface area contributed by atoms with Crippen molar-refractivity contribution in [3.63, 3.8) is 0 Å². The van der Waals surface area contributed by atoms with Gasteiger partial charge < -0.3 is 34.8 Å². The van der Waals surface area contributed by atoms with Crippen LogP contribution in [-0.2, 0) is 41.8 Å². The van der Waals surface area contributed by atoms with E-state index in [-0.39, 0.29) is 23.6 Å². The first-order chi connectivity index (χ1) is 33.5. The fraction of sp³-hybridized carbons (Fsp3) is 0.407. The quantitative estimate of drug-likeness (QED) is 0.0730. The van der Waals surface area contributed by atoms with E-state index in [0.717, 1.165) is 102 Å². The van der Waals surface area contributed by atoms with E-state index in [1.807, 2.05) is 72.2 Å². The zero-order valence-corrected chi connectivity index (χ0v) is 40.7. The number of hydrogen-bond donors (Lipinski definition) is 3. The standard InChI is InChI=1S/C54H61N7O7S/c1-57-22-20-35-30-44(67-4)51(62)48-46(35)42(57)29-34-10-9-13-43(47(34)48)68-27-8-7-21-60-23-25-61(26-24-60)53(64)49-41-32-69-45-19-14-33(28-40(45)50(41)59(3)56-49)31-58(2)37-17-15-36(16-18-37)55-52(63)38-11-5-6-12-39(38)54(65)66/h5-6,9-10,13-19,28,30,38-39,42,62H,7-8,11-12,20-27,29,31-32H2,1-4H3,(H,55,63)(H,65,66). The fourth-order valence-electron chi connectivity index (χ4n) is 11.1. The average molecular weight is 952 g/mol. The largest absolute Gasteiger partial charge is 0.504 e. The minimum Gasteiger partial charge on any atom is -0.504 e. The maximum atomic E-state index is 14.1. The first-order valence-electron chi connectivity index (χ1n) is 24.2. The topological polar surface area (TPSA) is 153 Å². The van der Waals surface area contributed by atoms with E-state index in [1.54, 1.807) is 18.9 Å². The number of aryl methyl sites for hydroxylation is 1. The fourth-order valence-corrected chi connectivity index (χ4v) is 12.1. The summed E-state index contributed by atoms with van der Waals surface area (Å²) in [5.41, 5.74) is 11.8. The SMILES string of the molecule is COc1cc2c3c(c1O)-c1c(cccc1OCCCCN1CCN(C(=O)c4nn(C)c5c4CSc4ccc(CN(C)c6ccc(NC(=O)C7CC=CCC7C(=O)O)cc6)cc4-5)CC1)CC3N(C)CC2.